The van der Waals surface area contributed by atoms with E-state index in [0.717, 1.165) is 0 Å². The first-order chi connectivity index (χ1) is 17.9. The molecule has 3 atom stereocenters. The molecule has 3 rings (SSSR count). The molecule has 15 heteroatoms. The van der Waals surface area contributed by atoms with E-state index >= 15 is 0 Å². The molecule has 1 aliphatic heterocycles. The Balaban J connectivity index is 0.00000400. The zero-order valence-electron chi connectivity index (χ0n) is 23.4. The van der Waals surface area contributed by atoms with Gasteiger partial charge in [-0.15, -0.1) is 0 Å². The van der Waals surface area contributed by atoms with Gasteiger partial charge in [0.2, 0.25) is 11.8 Å². The number of aromatic amines is 1. The minimum absolute atomic E-state index is 0. The number of Topliss-reactive ketones (excluding diaryl/α,β-unsaturated/α-hetero) is 1. The molecule has 1 saturated heterocycles. The van der Waals surface area contributed by atoms with Crippen molar-refractivity contribution in [3.8, 4) is 5.75 Å². The van der Waals surface area contributed by atoms with Crippen LogP contribution in [0.3, 0.4) is 0 Å². The fourth-order valence-corrected chi connectivity index (χ4v) is 4.61. The Kier molecular flexibility index (Phi) is 12.2. The van der Waals surface area contributed by atoms with E-state index in [4.69, 9.17) is 14.5 Å². The van der Waals surface area contributed by atoms with Crippen LogP contribution in [0.2, 0.25) is 0 Å². The van der Waals surface area contributed by atoms with E-state index in [9.17, 15) is 23.7 Å². The fourth-order valence-electron chi connectivity index (χ4n) is 4.31. The van der Waals surface area contributed by atoms with Gasteiger partial charge in [0.15, 0.2) is 5.78 Å². The molecule has 0 saturated carbocycles. The summed E-state index contributed by atoms with van der Waals surface area (Å²) in [4.78, 5) is 72.1. The number of amides is 3. The smallest absolute Gasteiger partial charge is 1.00 e. The number of nitrogens with one attached hydrogen (secondary N) is 4. The van der Waals surface area contributed by atoms with E-state index in [1.165, 1.54) is 7.11 Å². The molecule has 0 aliphatic carbocycles. The zero-order valence-corrected chi connectivity index (χ0v) is 25.2. The molecule has 13 nitrogen and oxygen atoms in total. The molecule has 0 bridgehead atoms. The average molecular weight is 577 g/mol. The van der Waals surface area contributed by atoms with Crippen molar-refractivity contribution in [1.82, 2.24) is 20.9 Å². The van der Waals surface area contributed by atoms with Crippen LogP contribution in [0.25, 0.3) is 10.9 Å². The van der Waals surface area contributed by atoms with Crippen LogP contribution in [0.5, 0.6) is 5.75 Å². The Labute approximate surface area is 249 Å². The van der Waals surface area contributed by atoms with Gasteiger partial charge < -0.3 is 36.9 Å². The number of methoxy groups -OCH3 is 1. The average Bonchev–Trinajstić information content (AvgIpc) is 3.46. The first-order valence-corrected chi connectivity index (χ1v) is 13.7. The number of carbonyl (C=O) groups is 4. The van der Waals surface area contributed by atoms with Crippen LogP contribution < -0.4 is 50.2 Å². The number of ketones is 1. The number of benzene rings is 1. The topological polar surface area (TPSA) is 196 Å². The Morgan fingerprint density at radius 2 is 1.92 bits per heavy atom. The quantitative estimate of drug-likeness (QED) is 0.117. The van der Waals surface area contributed by atoms with Crippen LogP contribution in [0, 0.1) is 11.8 Å². The summed E-state index contributed by atoms with van der Waals surface area (Å²) in [6.45, 7) is 3.18. The van der Waals surface area contributed by atoms with Crippen molar-refractivity contribution in [3.63, 3.8) is 0 Å². The maximum Gasteiger partial charge on any atom is 1.00 e. The molecule has 6 N–H and O–H groups in total. The van der Waals surface area contributed by atoms with E-state index in [2.05, 4.69) is 25.5 Å². The van der Waals surface area contributed by atoms with Crippen LogP contribution in [0.4, 0.5) is 0 Å². The molecule has 1 aromatic carbocycles. The number of ether oxygens (including phenoxy) is 1. The Bertz CT molecular complexity index is 1250. The third-order valence-electron chi connectivity index (χ3n) is 6.18. The summed E-state index contributed by atoms with van der Waals surface area (Å²) in [6.07, 6.45) is 0.601. The number of carbonyl (C=O) groups excluding carboxylic acids is 4. The first-order valence-electron chi connectivity index (χ1n) is 12.2. The number of hydrogen-bond donors (Lipinski definition) is 6. The van der Waals surface area contributed by atoms with Gasteiger partial charge in [-0.3, -0.25) is 23.7 Å². The monoisotopic (exact) mass is 576 g/mol. The first kappa shape index (κ1) is 33.0. The number of phosphoric ester groups is 1. The predicted octanol–water partition coefficient (Wildman–Crippen LogP) is -1.87. The molecule has 0 radical (unpaired) electrons. The molecular formula is C24H34N4NaO9P. The van der Waals surface area contributed by atoms with Gasteiger partial charge in [0.1, 0.15) is 24.1 Å². The summed E-state index contributed by atoms with van der Waals surface area (Å²) in [5, 5.41) is 8.60. The summed E-state index contributed by atoms with van der Waals surface area (Å²) >= 11 is 0. The van der Waals surface area contributed by atoms with Gasteiger partial charge in [-0.2, -0.15) is 0 Å². The number of aromatic nitrogens is 1. The summed E-state index contributed by atoms with van der Waals surface area (Å²) in [7, 11) is -3.42. The molecular weight excluding hydrogens is 542 g/mol. The van der Waals surface area contributed by atoms with Crippen molar-refractivity contribution in [2.75, 3.05) is 20.3 Å². The number of rotatable bonds is 13. The van der Waals surface area contributed by atoms with E-state index in [-0.39, 0.29) is 61.3 Å². The molecule has 1 aromatic heterocycles. The molecule has 3 amide bonds. The summed E-state index contributed by atoms with van der Waals surface area (Å²) in [5.41, 5.74) is 0.876. The van der Waals surface area contributed by atoms with Crippen LogP contribution >= 0.6 is 7.82 Å². The third-order valence-corrected chi connectivity index (χ3v) is 6.65. The van der Waals surface area contributed by atoms with Gasteiger partial charge >= 0.3 is 37.4 Å². The maximum absolute atomic E-state index is 13.3. The maximum atomic E-state index is 13.3. The SMILES string of the molecule is COc1cccc2[nH]c(C(=O)N[C@@H](CC(C)C)C(=O)N[C@@H](C[C@@H]3CCNC3=O)C(=O)COP(=O)(O)O)cc12.[H-].[Na+]. The van der Waals surface area contributed by atoms with Gasteiger partial charge in [0, 0.05) is 23.4 Å². The van der Waals surface area contributed by atoms with Crippen LogP contribution in [-0.4, -0.2) is 70.6 Å². The molecule has 2 aromatic rings. The molecule has 39 heavy (non-hydrogen) atoms. The van der Waals surface area contributed by atoms with E-state index in [1.54, 1.807) is 24.3 Å². The van der Waals surface area contributed by atoms with Crippen LogP contribution in [-0.2, 0) is 23.5 Å². The van der Waals surface area contributed by atoms with Gasteiger partial charge in [-0.05, 0) is 43.4 Å². The summed E-state index contributed by atoms with van der Waals surface area (Å²) in [6, 6.07) is 4.62. The second-order valence-electron chi connectivity index (χ2n) is 9.56. The minimum atomic E-state index is -4.93. The van der Waals surface area contributed by atoms with Crippen molar-refractivity contribution in [2.45, 2.75) is 45.2 Å². The largest absolute Gasteiger partial charge is 1.00 e. The molecule has 0 unspecified atom stereocenters. The summed E-state index contributed by atoms with van der Waals surface area (Å²) in [5.74, 6) is -2.32. The van der Waals surface area contributed by atoms with Crippen molar-refractivity contribution in [2.24, 2.45) is 11.8 Å². The number of fused-ring (bicyclic) bond motifs is 1. The van der Waals surface area contributed by atoms with Gasteiger partial charge in [-0.1, -0.05) is 19.9 Å². The van der Waals surface area contributed by atoms with Crippen LogP contribution in [0.15, 0.2) is 24.3 Å². The Morgan fingerprint density at radius 1 is 1.21 bits per heavy atom. The standard InChI is InChI=1S/C24H33N4O9P.Na.H/c1-13(2)9-18(28-24(32)19-11-15-16(26-19)5-4-6-21(15)36-3)23(31)27-17(10-14-7-8-25-22(14)30)20(29)12-37-38(33,34)35;;/h4-6,11,13-14,17-18,26H,7-10,12H2,1-3H3,(H,25,30)(H,27,31)(H,28,32)(H2,33,34,35);;/q;+1;-1/t14-,17-,18-;;/m0../s1. The number of phosphoric acid groups is 1. The molecule has 0 spiro atoms. The number of H-pyrrole nitrogens is 1. The Morgan fingerprint density at radius 3 is 2.51 bits per heavy atom. The predicted molar refractivity (Wildman–Crippen MR) is 137 cm³/mol. The third kappa shape index (κ3) is 9.42. The van der Waals surface area contributed by atoms with Crippen molar-refractivity contribution in [3.05, 3.63) is 30.0 Å². The molecule has 1 fully saturated rings. The fraction of sp³-hybridized carbons (Fsp3) is 0.500. The molecule has 2 heterocycles. The van der Waals surface area contributed by atoms with Crippen molar-refractivity contribution < 1.29 is 73.8 Å². The van der Waals surface area contributed by atoms with Crippen molar-refractivity contribution in [1.29, 1.82) is 0 Å². The normalized spacial score (nSPS) is 16.8. The van der Waals surface area contributed by atoms with E-state index < -0.39 is 50.0 Å². The van der Waals surface area contributed by atoms with Crippen LogP contribution in [0.1, 0.15) is 45.0 Å². The van der Waals surface area contributed by atoms with Gasteiger partial charge in [0.25, 0.3) is 5.91 Å². The molecule has 210 valence electrons. The minimum Gasteiger partial charge on any atom is -1.00 e. The van der Waals surface area contributed by atoms with E-state index in [0.29, 0.717) is 29.6 Å². The Hall–Kier alpha value is -2.25. The zero-order chi connectivity index (χ0) is 28.0. The summed E-state index contributed by atoms with van der Waals surface area (Å²) < 4.78 is 20.7. The second kappa shape index (κ2) is 14.4. The van der Waals surface area contributed by atoms with Crippen molar-refractivity contribution >= 4 is 42.2 Å². The molecule has 1 aliphatic rings. The van der Waals surface area contributed by atoms with E-state index in [1.807, 2.05) is 13.8 Å². The second-order valence-corrected chi connectivity index (χ2v) is 10.8. The van der Waals surface area contributed by atoms with Gasteiger partial charge in [0.05, 0.1) is 13.2 Å². The number of hydrogen-bond acceptors (Lipinski definition) is 7. The van der Waals surface area contributed by atoms with Gasteiger partial charge in [-0.25, -0.2) is 4.57 Å².